The summed E-state index contributed by atoms with van der Waals surface area (Å²) >= 11 is 7.39. The van der Waals surface area contributed by atoms with Crippen molar-refractivity contribution < 1.29 is 4.79 Å². The van der Waals surface area contributed by atoms with Crippen LogP contribution in [0.5, 0.6) is 0 Å². The second kappa shape index (κ2) is 7.92. The highest BCUT2D eigenvalue weighted by Gasteiger charge is 2.11. The van der Waals surface area contributed by atoms with Crippen LogP contribution in [-0.4, -0.2) is 15.9 Å². The number of aromatic nitrogens is 2. The second-order valence-corrected chi connectivity index (χ2v) is 7.82. The lowest BCUT2D eigenvalue weighted by molar-refractivity contribution is -0.111. The van der Waals surface area contributed by atoms with Gasteiger partial charge in [0.1, 0.15) is 0 Å². The Morgan fingerprint density at radius 1 is 1.11 bits per heavy atom. The molecule has 0 spiro atoms. The molecular weight excluding hydrogens is 390 g/mol. The normalized spacial score (nSPS) is 11.2. The SMILES string of the molecule is Cc1sc(NC(=O)/C=C/c2cccc3cccnc23)nc1-c1ccc(Cl)cc1. The summed E-state index contributed by atoms with van der Waals surface area (Å²) in [4.78, 5) is 22.3. The maximum atomic E-state index is 12.4. The molecule has 138 valence electrons. The summed E-state index contributed by atoms with van der Waals surface area (Å²) in [7, 11) is 0. The number of nitrogens with zero attached hydrogens (tertiary/aromatic N) is 2. The van der Waals surface area contributed by atoms with Gasteiger partial charge in [0.15, 0.2) is 5.13 Å². The number of hydrogen-bond donors (Lipinski definition) is 1. The molecule has 0 aliphatic rings. The fourth-order valence-corrected chi connectivity index (χ4v) is 3.87. The molecule has 2 aromatic heterocycles. The molecule has 0 atom stereocenters. The van der Waals surface area contributed by atoms with Gasteiger partial charge in [0.05, 0.1) is 11.2 Å². The zero-order valence-corrected chi connectivity index (χ0v) is 16.6. The van der Waals surface area contributed by atoms with Gasteiger partial charge in [0.25, 0.3) is 0 Å². The van der Waals surface area contributed by atoms with Gasteiger partial charge in [0.2, 0.25) is 5.91 Å². The summed E-state index contributed by atoms with van der Waals surface area (Å²) in [6.07, 6.45) is 5.02. The largest absolute Gasteiger partial charge is 0.298 e. The van der Waals surface area contributed by atoms with Crippen LogP contribution in [0.25, 0.3) is 28.2 Å². The van der Waals surface area contributed by atoms with E-state index in [1.165, 1.54) is 17.4 Å². The Balaban J connectivity index is 1.52. The summed E-state index contributed by atoms with van der Waals surface area (Å²) in [5.41, 5.74) is 3.57. The number of nitrogens with one attached hydrogen (secondary N) is 1. The minimum atomic E-state index is -0.232. The first kappa shape index (κ1) is 18.3. The van der Waals surface area contributed by atoms with Crippen LogP contribution in [0, 0.1) is 6.92 Å². The number of halogens is 1. The van der Waals surface area contributed by atoms with Crippen molar-refractivity contribution in [1.29, 1.82) is 0 Å². The van der Waals surface area contributed by atoms with E-state index < -0.39 is 0 Å². The van der Waals surface area contributed by atoms with E-state index in [4.69, 9.17) is 11.6 Å². The van der Waals surface area contributed by atoms with E-state index in [0.29, 0.717) is 10.2 Å². The van der Waals surface area contributed by atoms with Crippen LogP contribution in [0.15, 0.2) is 66.9 Å². The maximum absolute atomic E-state index is 12.4. The number of rotatable bonds is 4. The molecule has 0 aliphatic carbocycles. The molecule has 28 heavy (non-hydrogen) atoms. The van der Waals surface area contributed by atoms with Gasteiger partial charge in [-0.25, -0.2) is 4.98 Å². The number of carbonyl (C=O) groups is 1. The van der Waals surface area contributed by atoms with Crippen LogP contribution < -0.4 is 5.32 Å². The molecule has 0 bridgehead atoms. The average Bonchev–Trinajstić information content (AvgIpc) is 3.07. The Kier molecular flexibility index (Phi) is 5.19. The predicted octanol–water partition coefficient (Wildman–Crippen LogP) is 5.97. The lowest BCUT2D eigenvalue weighted by Crippen LogP contribution is -2.07. The van der Waals surface area contributed by atoms with Crippen molar-refractivity contribution in [2.45, 2.75) is 6.92 Å². The summed E-state index contributed by atoms with van der Waals surface area (Å²) in [5.74, 6) is -0.232. The van der Waals surface area contributed by atoms with Gasteiger partial charge >= 0.3 is 0 Å². The standard InChI is InChI=1S/C22H16ClN3OS/c1-14-20(17-7-10-18(23)11-8-17)26-22(28-14)25-19(27)12-9-16-5-2-4-15-6-3-13-24-21(15)16/h2-13H,1H3,(H,25,26,27)/b12-9+. The Labute approximate surface area is 171 Å². The zero-order valence-electron chi connectivity index (χ0n) is 15.0. The number of hydrogen-bond acceptors (Lipinski definition) is 4. The molecule has 0 saturated carbocycles. The predicted molar refractivity (Wildman–Crippen MR) is 117 cm³/mol. The molecule has 1 amide bonds. The number of amides is 1. The Bertz CT molecular complexity index is 1180. The van der Waals surface area contributed by atoms with Crippen LogP contribution in [0.1, 0.15) is 10.4 Å². The number of para-hydroxylation sites is 1. The molecule has 0 radical (unpaired) electrons. The molecule has 0 fully saturated rings. The van der Waals surface area contributed by atoms with E-state index in [2.05, 4.69) is 15.3 Å². The van der Waals surface area contributed by atoms with Gasteiger partial charge in [-0.15, -0.1) is 11.3 Å². The van der Waals surface area contributed by atoms with Gasteiger partial charge in [-0.2, -0.15) is 0 Å². The topological polar surface area (TPSA) is 54.9 Å². The summed E-state index contributed by atoms with van der Waals surface area (Å²) < 4.78 is 0. The molecule has 0 aliphatic heterocycles. The third kappa shape index (κ3) is 3.96. The van der Waals surface area contributed by atoms with E-state index in [1.54, 1.807) is 12.3 Å². The van der Waals surface area contributed by atoms with E-state index in [0.717, 1.165) is 32.6 Å². The fraction of sp³-hybridized carbons (Fsp3) is 0.0455. The second-order valence-electron chi connectivity index (χ2n) is 6.18. The first-order valence-electron chi connectivity index (χ1n) is 8.66. The fourth-order valence-electron chi connectivity index (χ4n) is 2.90. The number of benzene rings is 2. The van der Waals surface area contributed by atoms with Crippen LogP contribution >= 0.6 is 22.9 Å². The Hall–Kier alpha value is -3.02. The highest BCUT2D eigenvalue weighted by Crippen LogP contribution is 2.31. The van der Waals surface area contributed by atoms with Gasteiger partial charge in [-0.1, -0.05) is 48.0 Å². The summed E-state index contributed by atoms with van der Waals surface area (Å²) in [5, 5.41) is 5.12. The van der Waals surface area contributed by atoms with Crippen molar-refractivity contribution in [3.05, 3.63) is 82.3 Å². The third-order valence-electron chi connectivity index (χ3n) is 4.22. The Morgan fingerprint density at radius 2 is 1.89 bits per heavy atom. The van der Waals surface area contributed by atoms with Gasteiger partial charge in [-0.05, 0) is 31.2 Å². The number of aryl methyl sites for hydroxylation is 1. The molecule has 4 nitrogen and oxygen atoms in total. The molecule has 2 heterocycles. The summed E-state index contributed by atoms with van der Waals surface area (Å²) in [6, 6.07) is 17.3. The minimum absolute atomic E-state index is 0.232. The lowest BCUT2D eigenvalue weighted by atomic mass is 10.1. The zero-order chi connectivity index (χ0) is 19.5. The number of fused-ring (bicyclic) bond motifs is 1. The summed E-state index contributed by atoms with van der Waals surface area (Å²) in [6.45, 7) is 1.98. The first-order chi connectivity index (χ1) is 13.6. The quantitative estimate of drug-likeness (QED) is 0.425. The van der Waals surface area contributed by atoms with Crippen molar-refractivity contribution in [3.8, 4) is 11.3 Å². The van der Waals surface area contributed by atoms with E-state index in [1.807, 2.05) is 61.5 Å². The van der Waals surface area contributed by atoms with Crippen LogP contribution in [0.3, 0.4) is 0 Å². The van der Waals surface area contributed by atoms with Crippen molar-refractivity contribution in [3.63, 3.8) is 0 Å². The van der Waals surface area contributed by atoms with Gasteiger partial charge in [0, 0.05) is 38.7 Å². The van der Waals surface area contributed by atoms with Gasteiger partial charge in [-0.3, -0.25) is 15.1 Å². The third-order valence-corrected chi connectivity index (χ3v) is 5.36. The van der Waals surface area contributed by atoms with Crippen molar-refractivity contribution in [2.24, 2.45) is 0 Å². The molecule has 0 saturated heterocycles. The van der Waals surface area contributed by atoms with E-state index in [9.17, 15) is 4.79 Å². The van der Waals surface area contributed by atoms with Crippen LogP contribution in [0.2, 0.25) is 5.02 Å². The van der Waals surface area contributed by atoms with Crippen LogP contribution in [0.4, 0.5) is 5.13 Å². The van der Waals surface area contributed by atoms with Gasteiger partial charge < -0.3 is 0 Å². The molecule has 1 N–H and O–H groups in total. The molecule has 0 unspecified atom stereocenters. The average molecular weight is 406 g/mol. The molecule has 6 heteroatoms. The van der Waals surface area contributed by atoms with E-state index in [-0.39, 0.29) is 5.91 Å². The number of anilines is 1. The van der Waals surface area contributed by atoms with Crippen molar-refractivity contribution >= 4 is 51.0 Å². The molecule has 2 aromatic carbocycles. The lowest BCUT2D eigenvalue weighted by Gasteiger charge is -2.01. The molecule has 4 aromatic rings. The Morgan fingerprint density at radius 3 is 2.71 bits per heavy atom. The first-order valence-corrected chi connectivity index (χ1v) is 9.86. The van der Waals surface area contributed by atoms with Crippen molar-refractivity contribution in [1.82, 2.24) is 9.97 Å². The maximum Gasteiger partial charge on any atom is 0.250 e. The number of thiazole rings is 1. The van der Waals surface area contributed by atoms with Crippen LogP contribution in [-0.2, 0) is 4.79 Å². The molecule has 4 rings (SSSR count). The monoisotopic (exact) mass is 405 g/mol. The minimum Gasteiger partial charge on any atom is -0.298 e. The number of carbonyl (C=O) groups excluding carboxylic acids is 1. The highest BCUT2D eigenvalue weighted by atomic mass is 35.5. The van der Waals surface area contributed by atoms with E-state index >= 15 is 0 Å². The number of pyridine rings is 1. The molecular formula is C22H16ClN3OS. The highest BCUT2D eigenvalue weighted by molar-refractivity contribution is 7.16. The smallest absolute Gasteiger partial charge is 0.250 e. The van der Waals surface area contributed by atoms with Crippen molar-refractivity contribution in [2.75, 3.05) is 5.32 Å².